The van der Waals surface area contributed by atoms with Gasteiger partial charge in [-0.2, -0.15) is 0 Å². The number of rotatable bonds is 3. The van der Waals surface area contributed by atoms with E-state index in [1.807, 2.05) is 60.7 Å². The van der Waals surface area contributed by atoms with Gasteiger partial charge in [-0.25, -0.2) is 0 Å². The Morgan fingerprint density at radius 3 is 1.76 bits per heavy atom. The molecule has 12 aromatic rings. The maximum absolute atomic E-state index is 9.73. The van der Waals surface area contributed by atoms with Gasteiger partial charge in [0.05, 0.1) is 45.6 Å². The molecule has 5 heteroatoms. The highest BCUT2D eigenvalue weighted by Crippen LogP contribution is 2.46. The lowest BCUT2D eigenvalue weighted by Crippen LogP contribution is -2.60. The molecule has 5 heterocycles. The average molecular weight is 758 g/mol. The first-order valence-corrected chi connectivity index (χ1v) is 19.8. The van der Waals surface area contributed by atoms with Crippen molar-refractivity contribution in [2.45, 2.75) is 0 Å². The zero-order valence-corrected chi connectivity index (χ0v) is 31.2. The number of anilines is 3. The van der Waals surface area contributed by atoms with Crippen LogP contribution in [0.25, 0.3) is 82.5 Å². The van der Waals surface area contributed by atoms with E-state index in [2.05, 4.69) is 98.6 Å². The van der Waals surface area contributed by atoms with Gasteiger partial charge < -0.3 is 18.6 Å². The summed E-state index contributed by atoms with van der Waals surface area (Å²) in [5.74, 6) is 0. The van der Waals surface area contributed by atoms with E-state index in [-0.39, 0.29) is 28.9 Å². The van der Waals surface area contributed by atoms with Gasteiger partial charge >= 0.3 is 0 Å². The molecule has 0 amide bonds. The molecular formula is C54H33BN4. The highest BCUT2D eigenvalue weighted by atomic mass is 15.2. The Morgan fingerprint density at radius 1 is 0.373 bits per heavy atom. The lowest BCUT2D eigenvalue weighted by Gasteiger charge is -2.40. The molecule has 0 fully saturated rings. The first-order chi connectivity index (χ1) is 33.1. The van der Waals surface area contributed by atoms with Crippen LogP contribution in [0.1, 0.15) is 12.3 Å². The topological polar surface area (TPSA) is 18.0 Å². The van der Waals surface area contributed by atoms with E-state index < -0.39 is 49.0 Å². The minimum atomic E-state index is -0.758. The molecular weight excluding hydrogens is 715 g/mol. The summed E-state index contributed by atoms with van der Waals surface area (Å²) in [5.41, 5.74) is 10.2. The second-order valence-electron chi connectivity index (χ2n) is 15.4. The summed E-state index contributed by atoms with van der Waals surface area (Å²) < 4.78 is 89.8. The van der Waals surface area contributed by atoms with Gasteiger partial charge in [0.2, 0.25) is 0 Å². The van der Waals surface area contributed by atoms with Crippen LogP contribution in [0.4, 0.5) is 17.1 Å². The van der Waals surface area contributed by atoms with Crippen molar-refractivity contribution in [1.29, 1.82) is 0 Å². The third kappa shape index (κ3) is 3.99. The molecule has 2 aliphatic heterocycles. The average Bonchev–Trinajstić information content (AvgIpc) is 4.02. The molecule has 0 aliphatic carbocycles. The van der Waals surface area contributed by atoms with Gasteiger partial charge in [0, 0.05) is 66.3 Å². The fourth-order valence-electron chi connectivity index (χ4n) is 10.4. The Hall–Kier alpha value is -7.76. The minimum absolute atomic E-state index is 0.0345. The highest BCUT2D eigenvalue weighted by Gasteiger charge is 2.42. The number of nitrogens with zero attached hydrogens (tertiary/aromatic N) is 4. The first-order valence-electron chi connectivity index (χ1n) is 24.3. The van der Waals surface area contributed by atoms with Gasteiger partial charge in [-0.15, -0.1) is 0 Å². The minimum Gasteiger partial charge on any atom is -0.311 e. The fraction of sp³-hybridized carbons (Fsp3) is 0. The van der Waals surface area contributed by atoms with Crippen molar-refractivity contribution in [2.24, 2.45) is 0 Å². The molecule has 0 N–H and O–H groups in total. The molecule has 272 valence electrons. The normalized spacial score (nSPS) is 15.2. The van der Waals surface area contributed by atoms with Gasteiger partial charge in [0.1, 0.15) is 0 Å². The molecule has 2 aliphatic rings. The van der Waals surface area contributed by atoms with E-state index in [4.69, 9.17) is 6.85 Å². The summed E-state index contributed by atoms with van der Waals surface area (Å²) in [7, 11) is 0. The van der Waals surface area contributed by atoms with Crippen LogP contribution in [0.15, 0.2) is 200 Å². The Labute approximate surface area is 352 Å². The molecule has 0 unspecified atom stereocenters. The van der Waals surface area contributed by atoms with Crippen LogP contribution >= 0.6 is 0 Å². The van der Waals surface area contributed by atoms with E-state index in [0.717, 1.165) is 82.3 Å². The van der Waals surface area contributed by atoms with E-state index in [1.165, 1.54) is 4.90 Å². The summed E-state index contributed by atoms with van der Waals surface area (Å²) in [6.07, 6.45) is 0. The number of benzene rings is 9. The SMILES string of the molecule is [2H]c1c([2H])c([2H])c(N2c3cc(-n4c5ccccc5c5ccccc54)cc4c3B(c3c([2H])c([2H])c([2H])c([2H])c32)c2cccc3c5ccc6c(c7ccccc7n6-c6ccccc6)c5n-4c23)c([2H])c1[2H]. The number of hydrogen-bond donors (Lipinski definition) is 0. The molecule has 0 spiro atoms. The van der Waals surface area contributed by atoms with Gasteiger partial charge in [-0.05, 0) is 83.0 Å². The van der Waals surface area contributed by atoms with Crippen LogP contribution in [-0.4, -0.2) is 20.4 Å². The second-order valence-corrected chi connectivity index (χ2v) is 15.4. The monoisotopic (exact) mass is 757 g/mol. The van der Waals surface area contributed by atoms with Crippen LogP contribution in [0.2, 0.25) is 0 Å². The number of para-hydroxylation sites is 7. The lowest BCUT2D eigenvalue weighted by molar-refractivity contribution is 1.13. The molecule has 14 rings (SSSR count). The van der Waals surface area contributed by atoms with Crippen LogP contribution in [0.5, 0.6) is 0 Å². The first kappa shape index (κ1) is 24.1. The van der Waals surface area contributed by atoms with E-state index in [9.17, 15) is 5.48 Å². The number of hydrogen-bond acceptors (Lipinski definition) is 1. The Balaban J connectivity index is 1.24. The van der Waals surface area contributed by atoms with E-state index in [0.29, 0.717) is 16.8 Å². The van der Waals surface area contributed by atoms with Crippen molar-refractivity contribution >= 4 is 106 Å². The third-order valence-corrected chi connectivity index (χ3v) is 12.6. The van der Waals surface area contributed by atoms with Crippen LogP contribution in [0.3, 0.4) is 0 Å². The third-order valence-electron chi connectivity index (χ3n) is 12.6. The molecule has 0 atom stereocenters. The zero-order valence-electron chi connectivity index (χ0n) is 40.2. The summed E-state index contributed by atoms with van der Waals surface area (Å²) >= 11 is 0. The summed E-state index contributed by atoms with van der Waals surface area (Å²) in [6.45, 7) is -0.758. The Kier molecular flexibility index (Phi) is 4.67. The second kappa shape index (κ2) is 11.4. The molecule has 0 radical (unpaired) electrons. The summed E-state index contributed by atoms with van der Waals surface area (Å²) in [4.78, 5) is 1.52. The van der Waals surface area contributed by atoms with Crippen molar-refractivity contribution in [3.05, 3.63) is 200 Å². The van der Waals surface area contributed by atoms with E-state index in [1.54, 1.807) is 0 Å². The van der Waals surface area contributed by atoms with Gasteiger partial charge in [0.25, 0.3) is 6.71 Å². The van der Waals surface area contributed by atoms with Crippen molar-refractivity contribution in [3.63, 3.8) is 0 Å². The van der Waals surface area contributed by atoms with Gasteiger partial charge in [-0.3, -0.25) is 0 Å². The van der Waals surface area contributed by atoms with Crippen LogP contribution in [-0.2, 0) is 0 Å². The summed E-state index contributed by atoms with van der Waals surface area (Å²) in [5, 5.41) is 6.11. The molecule has 9 aromatic carbocycles. The highest BCUT2D eigenvalue weighted by molar-refractivity contribution is 7.00. The standard InChI is InChI=1S/C54H33BN4/c1-3-16-34(17-4-1)56-46-28-13-9-22-41(46)51-48(56)31-30-40-39-23-15-25-43-53(39)59(54(40)51)50-33-36(58-44-26-11-7-20-37(44)38-21-8-12-27-45(38)58)32-49-52(50)55(43)42-24-10-14-29-47(42)57(49)35-18-5-2-6-19-35/h1-33H/i2D,5D,6D,10D,14D,18D,19D,24D,29D. The van der Waals surface area contributed by atoms with E-state index >= 15 is 0 Å². The molecule has 3 aromatic heterocycles. The van der Waals surface area contributed by atoms with Gasteiger partial charge in [0.15, 0.2) is 0 Å². The predicted octanol–water partition coefficient (Wildman–Crippen LogP) is 11.6. The maximum atomic E-state index is 9.73. The summed E-state index contributed by atoms with van der Waals surface area (Å²) in [6, 6.07) is 45.5. The zero-order chi connectivity index (χ0) is 46.2. The molecule has 4 nitrogen and oxygen atoms in total. The largest absolute Gasteiger partial charge is 0.311 e. The van der Waals surface area contributed by atoms with Crippen LogP contribution < -0.4 is 21.3 Å². The smallest absolute Gasteiger partial charge is 0.252 e. The van der Waals surface area contributed by atoms with Crippen molar-refractivity contribution < 1.29 is 12.3 Å². The van der Waals surface area contributed by atoms with Crippen molar-refractivity contribution in [1.82, 2.24) is 13.7 Å². The fourth-order valence-corrected chi connectivity index (χ4v) is 10.4. The molecule has 0 saturated heterocycles. The molecule has 0 bridgehead atoms. The predicted molar refractivity (Wildman–Crippen MR) is 249 cm³/mol. The molecule has 59 heavy (non-hydrogen) atoms. The van der Waals surface area contributed by atoms with Crippen molar-refractivity contribution in [2.75, 3.05) is 4.90 Å². The lowest BCUT2D eigenvalue weighted by atomic mass is 9.34. The number of aromatic nitrogens is 3. The maximum Gasteiger partial charge on any atom is 0.252 e. The van der Waals surface area contributed by atoms with Crippen molar-refractivity contribution in [3.8, 4) is 17.1 Å². The van der Waals surface area contributed by atoms with Gasteiger partial charge in [-0.1, -0.05) is 133 Å². The number of fused-ring (bicyclic) bond motifs is 14. The molecule has 0 saturated carbocycles. The van der Waals surface area contributed by atoms with Crippen LogP contribution in [0, 0.1) is 0 Å². The quantitative estimate of drug-likeness (QED) is 0.164. The Bertz CT molecular complexity index is 4210. The Morgan fingerprint density at radius 2 is 0.983 bits per heavy atom.